The SMILES string of the molecule is C=CCn1c(SCC(=O)NNC(=O)c2ccccc2)nc2scc(-c3cccs3)c2c1=O. The van der Waals surface area contributed by atoms with Gasteiger partial charge >= 0.3 is 0 Å². The van der Waals surface area contributed by atoms with Crippen LogP contribution in [0.4, 0.5) is 0 Å². The van der Waals surface area contributed by atoms with Gasteiger partial charge in [-0.2, -0.15) is 0 Å². The smallest absolute Gasteiger partial charge is 0.269 e. The highest BCUT2D eigenvalue weighted by Gasteiger charge is 2.18. The van der Waals surface area contributed by atoms with Crippen LogP contribution in [-0.4, -0.2) is 27.1 Å². The minimum atomic E-state index is -0.413. The molecule has 1 aromatic carbocycles. The molecule has 162 valence electrons. The highest BCUT2D eigenvalue weighted by Crippen LogP contribution is 2.34. The van der Waals surface area contributed by atoms with Crippen molar-refractivity contribution in [1.82, 2.24) is 20.4 Å². The number of fused-ring (bicyclic) bond motifs is 1. The number of allylic oxidation sites excluding steroid dienone is 1. The van der Waals surface area contributed by atoms with Crippen molar-refractivity contribution < 1.29 is 9.59 Å². The van der Waals surface area contributed by atoms with Gasteiger partial charge in [0.05, 0.1) is 11.1 Å². The number of hydrogen-bond donors (Lipinski definition) is 2. The summed E-state index contributed by atoms with van der Waals surface area (Å²) in [6.07, 6.45) is 1.62. The van der Waals surface area contributed by atoms with E-state index in [4.69, 9.17) is 0 Å². The number of amides is 2. The van der Waals surface area contributed by atoms with E-state index in [0.717, 1.165) is 22.2 Å². The minimum absolute atomic E-state index is 0.0205. The molecule has 0 saturated heterocycles. The maximum Gasteiger partial charge on any atom is 0.269 e. The molecule has 10 heteroatoms. The van der Waals surface area contributed by atoms with Crippen molar-refractivity contribution in [1.29, 1.82) is 0 Å². The molecule has 0 radical (unpaired) electrons. The first-order valence-electron chi connectivity index (χ1n) is 9.52. The van der Waals surface area contributed by atoms with Crippen LogP contribution in [0.15, 0.2) is 75.8 Å². The van der Waals surface area contributed by atoms with Crippen LogP contribution in [0.2, 0.25) is 0 Å². The van der Waals surface area contributed by atoms with E-state index in [1.54, 1.807) is 47.7 Å². The molecule has 2 amide bonds. The predicted molar refractivity (Wildman–Crippen MR) is 130 cm³/mol. The molecule has 7 nitrogen and oxygen atoms in total. The fourth-order valence-corrected chi connectivity index (χ4v) is 5.58. The van der Waals surface area contributed by atoms with E-state index >= 15 is 0 Å². The Hall–Kier alpha value is -3.21. The minimum Gasteiger partial charge on any atom is -0.283 e. The number of rotatable bonds is 7. The average molecular weight is 483 g/mol. The van der Waals surface area contributed by atoms with Gasteiger partial charge in [-0.3, -0.25) is 29.8 Å². The molecule has 0 aliphatic heterocycles. The van der Waals surface area contributed by atoms with Gasteiger partial charge in [0.15, 0.2) is 5.16 Å². The number of carbonyl (C=O) groups is 2. The van der Waals surface area contributed by atoms with Crippen LogP contribution >= 0.6 is 34.4 Å². The van der Waals surface area contributed by atoms with Gasteiger partial charge in [-0.05, 0) is 23.6 Å². The summed E-state index contributed by atoms with van der Waals surface area (Å²) in [6, 6.07) is 12.5. The van der Waals surface area contributed by atoms with Gasteiger partial charge in [0.25, 0.3) is 11.5 Å². The highest BCUT2D eigenvalue weighted by molar-refractivity contribution is 7.99. The summed E-state index contributed by atoms with van der Waals surface area (Å²) in [5, 5.41) is 4.90. The molecule has 0 spiro atoms. The zero-order valence-corrected chi connectivity index (χ0v) is 19.2. The van der Waals surface area contributed by atoms with Crippen molar-refractivity contribution >= 4 is 56.5 Å². The molecule has 32 heavy (non-hydrogen) atoms. The largest absolute Gasteiger partial charge is 0.283 e. The van der Waals surface area contributed by atoms with Gasteiger partial charge in [-0.15, -0.1) is 29.3 Å². The molecular weight excluding hydrogens is 464 g/mol. The Labute approximate surface area is 195 Å². The lowest BCUT2D eigenvalue weighted by atomic mass is 10.2. The van der Waals surface area contributed by atoms with Crippen LogP contribution in [0.25, 0.3) is 20.7 Å². The Balaban J connectivity index is 1.50. The molecule has 0 aliphatic rings. The normalized spacial score (nSPS) is 10.8. The lowest BCUT2D eigenvalue weighted by molar-refractivity contribution is -0.119. The number of benzene rings is 1. The second-order valence-electron chi connectivity index (χ2n) is 6.56. The molecule has 0 bridgehead atoms. The lowest BCUT2D eigenvalue weighted by Crippen LogP contribution is -2.42. The van der Waals surface area contributed by atoms with Gasteiger partial charge in [-0.1, -0.05) is 42.1 Å². The zero-order valence-electron chi connectivity index (χ0n) is 16.7. The summed E-state index contributed by atoms with van der Waals surface area (Å²) in [5.41, 5.74) is 5.91. The van der Waals surface area contributed by atoms with E-state index in [-0.39, 0.29) is 17.9 Å². The zero-order chi connectivity index (χ0) is 22.5. The molecular formula is C22H18N4O3S3. The van der Waals surface area contributed by atoms with E-state index < -0.39 is 11.8 Å². The van der Waals surface area contributed by atoms with Crippen molar-refractivity contribution in [3.05, 3.63) is 81.8 Å². The summed E-state index contributed by atoms with van der Waals surface area (Å²) < 4.78 is 1.51. The third kappa shape index (κ3) is 4.67. The van der Waals surface area contributed by atoms with E-state index in [1.165, 1.54) is 15.9 Å². The Kier molecular flexibility index (Phi) is 6.84. The molecule has 3 aromatic heterocycles. The number of nitrogens with zero attached hydrogens (tertiary/aromatic N) is 2. The first-order valence-corrected chi connectivity index (χ1v) is 12.3. The Morgan fingerprint density at radius 1 is 1.12 bits per heavy atom. The second kappa shape index (κ2) is 9.94. The third-order valence-corrected chi connectivity index (χ3v) is 7.19. The van der Waals surface area contributed by atoms with E-state index in [9.17, 15) is 14.4 Å². The number of thioether (sulfide) groups is 1. The van der Waals surface area contributed by atoms with Gasteiger partial charge in [0.2, 0.25) is 5.91 Å². The van der Waals surface area contributed by atoms with Crippen LogP contribution in [0, 0.1) is 0 Å². The summed E-state index contributed by atoms with van der Waals surface area (Å²) in [4.78, 5) is 43.8. The lowest BCUT2D eigenvalue weighted by Gasteiger charge is -2.11. The molecule has 0 fully saturated rings. The number of carbonyl (C=O) groups excluding carboxylic acids is 2. The number of hydrogen-bond acceptors (Lipinski definition) is 7. The first-order chi connectivity index (χ1) is 15.6. The molecule has 0 unspecified atom stereocenters. The Morgan fingerprint density at radius 2 is 1.94 bits per heavy atom. The van der Waals surface area contributed by atoms with Gasteiger partial charge < -0.3 is 0 Å². The molecule has 0 atom stereocenters. The molecule has 3 heterocycles. The molecule has 4 rings (SSSR count). The molecule has 0 aliphatic carbocycles. The number of aromatic nitrogens is 2. The second-order valence-corrected chi connectivity index (χ2v) is 9.31. The van der Waals surface area contributed by atoms with E-state index in [0.29, 0.717) is 20.9 Å². The topological polar surface area (TPSA) is 93.1 Å². The van der Waals surface area contributed by atoms with Crippen LogP contribution in [0.5, 0.6) is 0 Å². The van der Waals surface area contributed by atoms with Crippen LogP contribution < -0.4 is 16.4 Å². The van der Waals surface area contributed by atoms with Crippen LogP contribution in [0.3, 0.4) is 0 Å². The van der Waals surface area contributed by atoms with Crippen molar-refractivity contribution in [3.63, 3.8) is 0 Å². The van der Waals surface area contributed by atoms with E-state index in [1.807, 2.05) is 22.9 Å². The fraction of sp³-hybridized carbons (Fsp3) is 0.0909. The first kappa shape index (κ1) is 22.0. The summed E-state index contributed by atoms with van der Waals surface area (Å²) in [5.74, 6) is -0.844. The summed E-state index contributed by atoms with van der Waals surface area (Å²) in [7, 11) is 0. The number of thiophene rings is 2. The van der Waals surface area contributed by atoms with Crippen molar-refractivity contribution in [3.8, 4) is 10.4 Å². The average Bonchev–Trinajstić information content (AvgIpc) is 3.48. The Bertz CT molecular complexity index is 1330. The van der Waals surface area contributed by atoms with Crippen molar-refractivity contribution in [2.45, 2.75) is 11.7 Å². The molecule has 2 N–H and O–H groups in total. The van der Waals surface area contributed by atoms with Gasteiger partial charge in [0.1, 0.15) is 4.83 Å². The quantitative estimate of drug-likeness (QED) is 0.180. The predicted octanol–water partition coefficient (Wildman–Crippen LogP) is 3.93. The molecule has 0 saturated carbocycles. The Morgan fingerprint density at radius 3 is 2.66 bits per heavy atom. The van der Waals surface area contributed by atoms with Crippen LogP contribution in [-0.2, 0) is 11.3 Å². The fourth-order valence-electron chi connectivity index (χ4n) is 2.97. The maximum atomic E-state index is 13.2. The summed E-state index contributed by atoms with van der Waals surface area (Å²) >= 11 is 4.09. The maximum absolute atomic E-state index is 13.2. The van der Waals surface area contributed by atoms with Crippen molar-refractivity contribution in [2.75, 3.05) is 5.75 Å². The van der Waals surface area contributed by atoms with Crippen LogP contribution in [0.1, 0.15) is 10.4 Å². The third-order valence-electron chi connectivity index (χ3n) is 4.44. The molecule has 4 aromatic rings. The highest BCUT2D eigenvalue weighted by atomic mass is 32.2. The van der Waals surface area contributed by atoms with Gasteiger partial charge in [0, 0.05) is 27.9 Å². The number of hydrazine groups is 1. The van der Waals surface area contributed by atoms with E-state index in [2.05, 4.69) is 22.4 Å². The monoisotopic (exact) mass is 482 g/mol. The standard InChI is InChI=1S/C22H18N4O3S3/c1-2-10-26-21(29)18-15(16-9-6-11-30-16)12-31-20(18)23-22(26)32-13-17(27)24-25-19(28)14-7-4-3-5-8-14/h2-9,11-12H,1,10,13H2,(H,24,27)(H,25,28). The van der Waals surface area contributed by atoms with Crippen molar-refractivity contribution in [2.24, 2.45) is 0 Å². The summed E-state index contributed by atoms with van der Waals surface area (Å²) in [6.45, 7) is 4.01. The van der Waals surface area contributed by atoms with Gasteiger partial charge in [-0.25, -0.2) is 4.98 Å². The number of nitrogens with one attached hydrogen (secondary N) is 2.